The number of pyridine rings is 2. The van der Waals surface area contributed by atoms with Crippen molar-refractivity contribution in [2.24, 2.45) is 0 Å². The summed E-state index contributed by atoms with van der Waals surface area (Å²) < 4.78 is 11.1. The first-order chi connectivity index (χ1) is 14.6. The van der Waals surface area contributed by atoms with Crippen molar-refractivity contribution in [3.63, 3.8) is 0 Å². The van der Waals surface area contributed by atoms with Crippen molar-refractivity contribution in [1.82, 2.24) is 9.97 Å². The minimum absolute atomic E-state index is 0.104. The Balaban J connectivity index is 1.71. The van der Waals surface area contributed by atoms with Gasteiger partial charge in [-0.05, 0) is 48.4 Å². The molecule has 4 rings (SSSR count). The van der Waals surface area contributed by atoms with Crippen molar-refractivity contribution < 1.29 is 19.4 Å². The third kappa shape index (κ3) is 3.80. The Bertz CT molecular complexity index is 1220. The summed E-state index contributed by atoms with van der Waals surface area (Å²) in [4.78, 5) is 20.2. The van der Waals surface area contributed by atoms with Crippen LogP contribution in [0.4, 0.5) is 0 Å². The number of fused-ring (bicyclic) bond motifs is 1. The first kappa shape index (κ1) is 19.4. The molecule has 0 spiro atoms. The van der Waals surface area contributed by atoms with Crippen LogP contribution in [0.5, 0.6) is 11.5 Å². The van der Waals surface area contributed by atoms with E-state index in [1.54, 1.807) is 19.5 Å². The van der Waals surface area contributed by atoms with Gasteiger partial charge in [-0.25, -0.2) is 9.78 Å². The molecule has 2 heterocycles. The highest BCUT2D eigenvalue weighted by Crippen LogP contribution is 2.33. The Labute approximate surface area is 173 Å². The van der Waals surface area contributed by atoms with Gasteiger partial charge in [-0.15, -0.1) is 0 Å². The van der Waals surface area contributed by atoms with E-state index in [0.29, 0.717) is 0 Å². The van der Waals surface area contributed by atoms with Gasteiger partial charge in [-0.2, -0.15) is 0 Å². The van der Waals surface area contributed by atoms with Gasteiger partial charge in [-0.3, -0.25) is 4.98 Å². The summed E-state index contributed by atoms with van der Waals surface area (Å²) in [6, 6.07) is 17.2. The minimum Gasteiger partial charge on any atom is -0.497 e. The van der Waals surface area contributed by atoms with Gasteiger partial charge >= 0.3 is 5.97 Å². The van der Waals surface area contributed by atoms with Gasteiger partial charge in [0.25, 0.3) is 0 Å². The highest BCUT2D eigenvalue weighted by atomic mass is 16.5. The molecule has 0 bridgehead atoms. The number of ether oxygens (including phenoxy) is 2. The average molecular weight is 400 g/mol. The predicted octanol–water partition coefficient (Wildman–Crippen LogP) is 4.89. The summed E-state index contributed by atoms with van der Waals surface area (Å²) in [5.74, 6) is -0.116. The van der Waals surface area contributed by atoms with Crippen LogP contribution in [0.3, 0.4) is 0 Å². The van der Waals surface area contributed by atoms with Crippen molar-refractivity contribution in [2.45, 2.75) is 13.5 Å². The van der Waals surface area contributed by atoms with Crippen molar-refractivity contribution in [3.05, 3.63) is 83.8 Å². The number of nitrogens with zero attached hydrogens (tertiary/aromatic N) is 2. The zero-order chi connectivity index (χ0) is 21.1. The second kappa shape index (κ2) is 8.21. The number of benzene rings is 2. The molecule has 0 unspecified atom stereocenters. The van der Waals surface area contributed by atoms with Crippen LogP contribution in [0.2, 0.25) is 0 Å². The molecule has 150 valence electrons. The largest absolute Gasteiger partial charge is 0.497 e. The highest BCUT2D eigenvalue weighted by Gasteiger charge is 2.19. The number of carboxylic acids is 1. The van der Waals surface area contributed by atoms with E-state index in [-0.39, 0.29) is 18.1 Å². The molecule has 30 heavy (non-hydrogen) atoms. The summed E-state index contributed by atoms with van der Waals surface area (Å²) >= 11 is 0. The molecular formula is C24H20N2O4. The van der Waals surface area contributed by atoms with Gasteiger partial charge in [0.05, 0.1) is 12.6 Å². The maximum atomic E-state index is 11.7. The van der Waals surface area contributed by atoms with Crippen LogP contribution < -0.4 is 9.47 Å². The molecule has 0 aliphatic rings. The lowest BCUT2D eigenvalue weighted by atomic mass is 9.99. The quantitative estimate of drug-likeness (QED) is 0.496. The molecule has 0 saturated heterocycles. The third-order valence-electron chi connectivity index (χ3n) is 4.94. The Kier molecular flexibility index (Phi) is 5.30. The molecule has 2 aromatic carbocycles. The third-order valence-corrected chi connectivity index (χ3v) is 4.94. The average Bonchev–Trinajstić information content (AvgIpc) is 2.78. The lowest BCUT2D eigenvalue weighted by molar-refractivity contribution is 0.0684. The Hall–Kier alpha value is -3.93. The van der Waals surface area contributed by atoms with E-state index < -0.39 is 5.97 Å². The molecule has 0 fully saturated rings. The fourth-order valence-electron chi connectivity index (χ4n) is 3.32. The van der Waals surface area contributed by atoms with Gasteiger partial charge in [0.2, 0.25) is 0 Å². The summed E-state index contributed by atoms with van der Waals surface area (Å²) in [6.45, 7) is 2.07. The molecular weight excluding hydrogens is 380 g/mol. The number of methoxy groups -OCH3 is 1. The van der Waals surface area contributed by atoms with Crippen molar-refractivity contribution in [2.75, 3.05) is 7.11 Å². The zero-order valence-corrected chi connectivity index (χ0v) is 16.6. The number of aromatic carboxylic acids is 1. The van der Waals surface area contributed by atoms with E-state index in [1.165, 1.54) is 0 Å². The van der Waals surface area contributed by atoms with Crippen LogP contribution in [0, 0.1) is 6.92 Å². The number of hydrogen-bond donors (Lipinski definition) is 1. The fourth-order valence-corrected chi connectivity index (χ4v) is 3.32. The fraction of sp³-hybridized carbons (Fsp3) is 0.125. The van der Waals surface area contributed by atoms with Crippen molar-refractivity contribution in [3.8, 4) is 22.6 Å². The van der Waals surface area contributed by atoms with E-state index in [4.69, 9.17) is 9.47 Å². The molecule has 0 atom stereocenters. The molecule has 1 N–H and O–H groups in total. The first-order valence-electron chi connectivity index (χ1n) is 9.40. The highest BCUT2D eigenvalue weighted by molar-refractivity contribution is 5.91. The number of hydrogen-bond acceptors (Lipinski definition) is 5. The van der Waals surface area contributed by atoms with Crippen LogP contribution in [-0.4, -0.2) is 28.2 Å². The van der Waals surface area contributed by atoms with Crippen LogP contribution in [-0.2, 0) is 6.61 Å². The van der Waals surface area contributed by atoms with E-state index >= 15 is 0 Å². The molecule has 6 heteroatoms. The predicted molar refractivity (Wildman–Crippen MR) is 114 cm³/mol. The maximum absolute atomic E-state index is 11.7. The lowest BCUT2D eigenvalue weighted by Gasteiger charge is -2.15. The molecule has 2 aromatic heterocycles. The van der Waals surface area contributed by atoms with Gasteiger partial charge in [0, 0.05) is 28.9 Å². The molecule has 0 aliphatic carbocycles. The lowest BCUT2D eigenvalue weighted by Crippen LogP contribution is -2.08. The van der Waals surface area contributed by atoms with Crippen LogP contribution in [0.25, 0.3) is 22.0 Å². The van der Waals surface area contributed by atoms with Crippen molar-refractivity contribution in [1.29, 1.82) is 0 Å². The monoisotopic (exact) mass is 400 g/mol. The van der Waals surface area contributed by atoms with Crippen LogP contribution >= 0.6 is 0 Å². The normalized spacial score (nSPS) is 10.7. The molecule has 0 aliphatic heterocycles. The number of carbonyl (C=O) groups is 1. The van der Waals surface area contributed by atoms with Gasteiger partial charge < -0.3 is 14.6 Å². The second-order valence-electron chi connectivity index (χ2n) is 6.83. The Morgan fingerprint density at radius 1 is 1.07 bits per heavy atom. The van der Waals surface area contributed by atoms with E-state index in [9.17, 15) is 9.90 Å². The molecule has 6 nitrogen and oxygen atoms in total. The molecule has 0 amide bonds. The smallest absolute Gasteiger partial charge is 0.358 e. The topological polar surface area (TPSA) is 81.5 Å². The number of rotatable bonds is 6. The molecule has 4 aromatic rings. The van der Waals surface area contributed by atoms with Crippen molar-refractivity contribution >= 4 is 16.9 Å². The standard InChI is InChI=1S/C24H20N2O4/c1-15-20(17-7-10-21-18(12-17)4-3-11-25-21)13-26-22(24(27)28)23(15)30-14-16-5-8-19(29-2)9-6-16/h3-13H,14H2,1-2H3,(H,27,28). The Morgan fingerprint density at radius 3 is 2.60 bits per heavy atom. The summed E-state index contributed by atoms with van der Waals surface area (Å²) in [6.07, 6.45) is 3.33. The van der Waals surface area contributed by atoms with E-state index in [2.05, 4.69) is 9.97 Å². The second-order valence-corrected chi connectivity index (χ2v) is 6.83. The first-order valence-corrected chi connectivity index (χ1v) is 9.40. The van der Waals surface area contributed by atoms with Crippen LogP contribution in [0.15, 0.2) is 67.0 Å². The van der Waals surface area contributed by atoms with Gasteiger partial charge in [0.1, 0.15) is 12.4 Å². The maximum Gasteiger partial charge on any atom is 0.358 e. The minimum atomic E-state index is -1.13. The van der Waals surface area contributed by atoms with Crippen LogP contribution in [0.1, 0.15) is 21.6 Å². The molecule has 0 radical (unpaired) electrons. The number of carboxylic acid groups (broad SMARTS) is 1. The van der Waals surface area contributed by atoms with Gasteiger partial charge in [0.15, 0.2) is 11.4 Å². The number of aromatic nitrogens is 2. The Morgan fingerprint density at radius 2 is 1.87 bits per heavy atom. The van der Waals surface area contributed by atoms with E-state index in [1.807, 2.05) is 61.5 Å². The molecule has 0 saturated carbocycles. The SMILES string of the molecule is COc1ccc(COc2c(C(=O)O)ncc(-c3ccc4ncccc4c3)c2C)cc1. The summed E-state index contributed by atoms with van der Waals surface area (Å²) in [5, 5.41) is 10.6. The zero-order valence-electron chi connectivity index (χ0n) is 16.6. The van der Waals surface area contributed by atoms with Gasteiger partial charge in [-0.1, -0.05) is 24.3 Å². The summed E-state index contributed by atoms with van der Waals surface area (Å²) in [5.41, 5.74) is 4.15. The summed E-state index contributed by atoms with van der Waals surface area (Å²) in [7, 11) is 1.61. The van der Waals surface area contributed by atoms with E-state index in [0.717, 1.165) is 38.9 Å².